The fraction of sp³-hybridized carbons (Fsp3) is 0.571. The number of anilines is 1. The molecule has 2 unspecified atom stereocenters. The molecule has 19 heavy (non-hydrogen) atoms. The van der Waals surface area contributed by atoms with Gasteiger partial charge in [0.15, 0.2) is 0 Å². The van der Waals surface area contributed by atoms with Crippen molar-refractivity contribution >= 4 is 28.9 Å². The van der Waals surface area contributed by atoms with E-state index in [0.717, 1.165) is 31.6 Å². The van der Waals surface area contributed by atoms with Crippen molar-refractivity contribution in [2.75, 3.05) is 18.0 Å². The highest BCUT2D eigenvalue weighted by Crippen LogP contribution is 2.37. The maximum absolute atomic E-state index is 13.2. The van der Waals surface area contributed by atoms with Gasteiger partial charge in [0.05, 0.1) is 15.7 Å². The molecule has 1 N–H and O–H groups in total. The van der Waals surface area contributed by atoms with Crippen molar-refractivity contribution in [1.82, 2.24) is 5.32 Å². The minimum absolute atomic E-state index is 0.332. The van der Waals surface area contributed by atoms with Gasteiger partial charge in [0, 0.05) is 18.6 Å². The van der Waals surface area contributed by atoms with Gasteiger partial charge in [-0.15, -0.1) is 0 Å². The Hall–Kier alpha value is -0.510. The zero-order valence-electron chi connectivity index (χ0n) is 11.2. The second-order valence-electron chi connectivity index (χ2n) is 5.04. The number of halogens is 3. The largest absolute Gasteiger partial charge is 0.366 e. The highest BCUT2D eigenvalue weighted by atomic mass is 35.5. The number of hydrogen-bond donors (Lipinski definition) is 1. The fourth-order valence-electron chi connectivity index (χ4n) is 2.79. The van der Waals surface area contributed by atoms with Crippen LogP contribution in [0.1, 0.15) is 26.7 Å². The normalized spacial score (nSPS) is 23.7. The van der Waals surface area contributed by atoms with Gasteiger partial charge in [0.25, 0.3) is 0 Å². The first-order valence-corrected chi connectivity index (χ1v) is 7.43. The van der Waals surface area contributed by atoms with E-state index < -0.39 is 5.82 Å². The highest BCUT2D eigenvalue weighted by molar-refractivity contribution is 6.39. The molecule has 0 bridgehead atoms. The lowest BCUT2D eigenvalue weighted by Gasteiger charge is -2.40. The summed E-state index contributed by atoms with van der Waals surface area (Å²) in [5.41, 5.74) is 0.757. The summed E-state index contributed by atoms with van der Waals surface area (Å²) in [5, 5.41) is 4.25. The summed E-state index contributed by atoms with van der Waals surface area (Å²) in [6.45, 7) is 6.13. The standard InChI is InChI=1S/C14H19Cl2FN2/c1-3-18-11-4-5-19(9(2)6-11)14-12(15)7-10(17)8-13(14)16/h7-9,11,18H,3-6H2,1-2H3. The van der Waals surface area contributed by atoms with E-state index >= 15 is 0 Å². The van der Waals surface area contributed by atoms with E-state index in [-0.39, 0.29) is 0 Å². The van der Waals surface area contributed by atoms with Crippen LogP contribution in [0.5, 0.6) is 0 Å². The number of nitrogens with zero attached hydrogens (tertiary/aromatic N) is 1. The lowest BCUT2D eigenvalue weighted by Crippen LogP contribution is -2.47. The van der Waals surface area contributed by atoms with Crippen LogP contribution in [0.15, 0.2) is 12.1 Å². The molecule has 1 aliphatic heterocycles. The van der Waals surface area contributed by atoms with Gasteiger partial charge in [-0.05, 0) is 38.4 Å². The number of rotatable bonds is 3. The molecule has 1 aromatic carbocycles. The Bertz CT molecular complexity index is 430. The molecule has 1 fully saturated rings. The minimum atomic E-state index is -0.395. The Kier molecular flexibility index (Phi) is 4.93. The van der Waals surface area contributed by atoms with E-state index in [1.807, 2.05) is 0 Å². The number of nitrogens with one attached hydrogen (secondary N) is 1. The van der Waals surface area contributed by atoms with Crippen molar-refractivity contribution in [3.63, 3.8) is 0 Å². The number of benzene rings is 1. The molecule has 0 amide bonds. The zero-order chi connectivity index (χ0) is 14.0. The Morgan fingerprint density at radius 3 is 2.53 bits per heavy atom. The molecule has 0 radical (unpaired) electrons. The molecule has 1 heterocycles. The van der Waals surface area contributed by atoms with Crippen LogP contribution >= 0.6 is 23.2 Å². The minimum Gasteiger partial charge on any atom is -0.366 e. The van der Waals surface area contributed by atoms with E-state index in [4.69, 9.17) is 23.2 Å². The maximum Gasteiger partial charge on any atom is 0.126 e. The molecule has 0 saturated carbocycles. The Morgan fingerprint density at radius 1 is 1.37 bits per heavy atom. The van der Waals surface area contributed by atoms with Crippen molar-refractivity contribution in [2.45, 2.75) is 38.8 Å². The zero-order valence-corrected chi connectivity index (χ0v) is 12.7. The van der Waals surface area contributed by atoms with Crippen LogP contribution in [0.2, 0.25) is 10.0 Å². The first kappa shape index (κ1) is 14.9. The predicted octanol–water partition coefficient (Wildman–Crippen LogP) is 4.10. The molecule has 2 atom stereocenters. The average molecular weight is 305 g/mol. The molecule has 1 saturated heterocycles. The van der Waals surface area contributed by atoms with Crippen LogP contribution in [0.25, 0.3) is 0 Å². The number of piperidine rings is 1. The van der Waals surface area contributed by atoms with E-state index in [9.17, 15) is 4.39 Å². The third-order valence-corrected chi connectivity index (χ3v) is 4.21. The van der Waals surface area contributed by atoms with Crippen molar-refractivity contribution in [1.29, 1.82) is 0 Å². The molecular formula is C14H19Cl2FN2. The molecule has 2 rings (SSSR count). The molecule has 1 aliphatic rings. The summed E-state index contributed by atoms with van der Waals surface area (Å²) >= 11 is 12.3. The maximum atomic E-state index is 13.2. The summed E-state index contributed by atoms with van der Waals surface area (Å²) in [6, 6.07) is 3.52. The summed E-state index contributed by atoms with van der Waals surface area (Å²) < 4.78 is 13.2. The van der Waals surface area contributed by atoms with E-state index in [1.165, 1.54) is 12.1 Å². The molecule has 0 aromatic heterocycles. The smallest absolute Gasteiger partial charge is 0.126 e. The van der Waals surface area contributed by atoms with Gasteiger partial charge in [0.2, 0.25) is 0 Å². The van der Waals surface area contributed by atoms with Crippen molar-refractivity contribution in [2.24, 2.45) is 0 Å². The van der Waals surface area contributed by atoms with Gasteiger partial charge in [-0.2, -0.15) is 0 Å². The third kappa shape index (κ3) is 3.33. The Labute approximate surface area is 123 Å². The summed E-state index contributed by atoms with van der Waals surface area (Å²) in [7, 11) is 0. The third-order valence-electron chi connectivity index (χ3n) is 3.64. The molecule has 0 spiro atoms. The Balaban J connectivity index is 2.19. The second kappa shape index (κ2) is 6.29. The predicted molar refractivity (Wildman–Crippen MR) is 79.9 cm³/mol. The summed E-state index contributed by atoms with van der Waals surface area (Å²) in [4.78, 5) is 2.18. The lowest BCUT2D eigenvalue weighted by atomic mass is 9.97. The molecule has 5 heteroatoms. The van der Waals surface area contributed by atoms with E-state index in [2.05, 4.69) is 24.1 Å². The highest BCUT2D eigenvalue weighted by Gasteiger charge is 2.27. The Morgan fingerprint density at radius 2 is 2.00 bits per heavy atom. The monoisotopic (exact) mass is 304 g/mol. The topological polar surface area (TPSA) is 15.3 Å². The van der Waals surface area contributed by atoms with Crippen molar-refractivity contribution < 1.29 is 4.39 Å². The van der Waals surface area contributed by atoms with Gasteiger partial charge < -0.3 is 10.2 Å². The van der Waals surface area contributed by atoms with Crippen molar-refractivity contribution in [3.8, 4) is 0 Å². The first-order valence-electron chi connectivity index (χ1n) is 6.67. The molecular weight excluding hydrogens is 286 g/mol. The van der Waals surface area contributed by atoms with Gasteiger partial charge in [-0.1, -0.05) is 30.1 Å². The van der Waals surface area contributed by atoms with Gasteiger partial charge in [0.1, 0.15) is 5.82 Å². The summed E-state index contributed by atoms with van der Waals surface area (Å²) in [6.07, 6.45) is 2.08. The van der Waals surface area contributed by atoms with Crippen LogP contribution in [-0.4, -0.2) is 25.2 Å². The van der Waals surface area contributed by atoms with E-state index in [1.54, 1.807) is 0 Å². The fourth-order valence-corrected chi connectivity index (χ4v) is 3.46. The molecule has 106 valence electrons. The number of hydrogen-bond acceptors (Lipinski definition) is 2. The average Bonchev–Trinajstić information content (AvgIpc) is 2.31. The van der Waals surface area contributed by atoms with Crippen LogP contribution in [0.4, 0.5) is 10.1 Å². The van der Waals surface area contributed by atoms with Gasteiger partial charge >= 0.3 is 0 Å². The molecule has 2 nitrogen and oxygen atoms in total. The second-order valence-corrected chi connectivity index (χ2v) is 5.85. The first-order chi connectivity index (χ1) is 9.02. The van der Waals surface area contributed by atoms with Gasteiger partial charge in [-0.25, -0.2) is 4.39 Å². The SMILES string of the molecule is CCNC1CCN(c2c(Cl)cc(F)cc2Cl)C(C)C1. The van der Waals surface area contributed by atoms with Crippen LogP contribution < -0.4 is 10.2 Å². The molecule has 0 aliphatic carbocycles. The van der Waals surface area contributed by atoms with Gasteiger partial charge in [-0.3, -0.25) is 0 Å². The van der Waals surface area contributed by atoms with Crippen LogP contribution in [0, 0.1) is 5.82 Å². The van der Waals surface area contributed by atoms with E-state index in [0.29, 0.717) is 22.1 Å². The van der Waals surface area contributed by atoms with Crippen LogP contribution in [0.3, 0.4) is 0 Å². The lowest BCUT2D eigenvalue weighted by molar-refractivity contribution is 0.374. The summed E-state index contributed by atoms with van der Waals surface area (Å²) in [5.74, 6) is -0.395. The molecule has 1 aromatic rings. The van der Waals surface area contributed by atoms with Crippen molar-refractivity contribution in [3.05, 3.63) is 28.0 Å². The quantitative estimate of drug-likeness (QED) is 0.904. The van der Waals surface area contributed by atoms with Crippen LogP contribution in [-0.2, 0) is 0 Å².